The van der Waals surface area contributed by atoms with Crippen LogP contribution >= 0.6 is 0 Å². The molecule has 1 aliphatic rings. The Morgan fingerprint density at radius 1 is 1.28 bits per heavy atom. The summed E-state index contributed by atoms with van der Waals surface area (Å²) in [6, 6.07) is 9.86. The van der Waals surface area contributed by atoms with E-state index in [0.29, 0.717) is 18.3 Å². The Labute approximate surface area is 109 Å². The number of benzene rings is 1. The van der Waals surface area contributed by atoms with Gasteiger partial charge in [-0.15, -0.1) is 0 Å². The molecule has 0 saturated heterocycles. The lowest BCUT2D eigenvalue weighted by molar-refractivity contribution is -0.125. The summed E-state index contributed by atoms with van der Waals surface area (Å²) in [6.07, 6.45) is 4.89. The molecule has 1 saturated carbocycles. The summed E-state index contributed by atoms with van der Waals surface area (Å²) >= 11 is 0. The molecule has 1 aliphatic carbocycles. The summed E-state index contributed by atoms with van der Waals surface area (Å²) in [7, 11) is 0. The Morgan fingerprint density at radius 2 is 2.06 bits per heavy atom. The van der Waals surface area contributed by atoms with Crippen LogP contribution in [0.4, 0.5) is 0 Å². The monoisotopic (exact) mass is 246 g/mol. The molecule has 18 heavy (non-hydrogen) atoms. The van der Waals surface area contributed by atoms with E-state index in [4.69, 9.17) is 4.74 Å². The molecule has 2 nitrogen and oxygen atoms in total. The summed E-state index contributed by atoms with van der Waals surface area (Å²) in [5.74, 6) is 2.38. The molecule has 1 aromatic rings. The van der Waals surface area contributed by atoms with E-state index in [1.165, 1.54) is 0 Å². The number of hydrogen-bond acceptors (Lipinski definition) is 2. The predicted molar refractivity (Wildman–Crippen MR) is 72.7 cm³/mol. The molecule has 0 bridgehead atoms. The van der Waals surface area contributed by atoms with Crippen LogP contribution in [0, 0.1) is 11.8 Å². The summed E-state index contributed by atoms with van der Waals surface area (Å²) in [6.45, 7) is 2.96. The minimum atomic E-state index is 0.285. The van der Waals surface area contributed by atoms with Gasteiger partial charge in [-0.3, -0.25) is 4.79 Å². The molecule has 1 fully saturated rings. The third-order valence-electron chi connectivity index (χ3n) is 3.73. The van der Waals surface area contributed by atoms with E-state index in [1.807, 2.05) is 30.3 Å². The number of ketones is 1. The number of ether oxygens (including phenoxy) is 1. The number of carbonyl (C=O) groups is 1. The highest BCUT2D eigenvalue weighted by molar-refractivity contribution is 5.81. The molecule has 0 N–H and O–H groups in total. The van der Waals surface area contributed by atoms with Crippen LogP contribution in [0.1, 0.15) is 39.0 Å². The Bertz CT molecular complexity index is 372. The number of Topliss-reactive ketones (excluding diaryl/α,β-unsaturated/α-hetero) is 1. The van der Waals surface area contributed by atoms with Crippen molar-refractivity contribution in [3.8, 4) is 5.75 Å². The van der Waals surface area contributed by atoms with Gasteiger partial charge in [-0.25, -0.2) is 0 Å². The van der Waals surface area contributed by atoms with Gasteiger partial charge in [0.2, 0.25) is 0 Å². The fraction of sp³-hybridized carbons (Fsp3) is 0.562. The van der Waals surface area contributed by atoms with Crippen molar-refractivity contribution in [2.75, 3.05) is 6.61 Å². The van der Waals surface area contributed by atoms with Crippen molar-refractivity contribution in [3.05, 3.63) is 30.3 Å². The number of carbonyl (C=O) groups excluding carboxylic acids is 1. The van der Waals surface area contributed by atoms with Gasteiger partial charge in [-0.2, -0.15) is 0 Å². The topological polar surface area (TPSA) is 26.3 Å². The molecule has 98 valence electrons. The van der Waals surface area contributed by atoms with Gasteiger partial charge >= 0.3 is 0 Å². The largest absolute Gasteiger partial charge is 0.494 e. The highest BCUT2D eigenvalue weighted by Gasteiger charge is 2.25. The van der Waals surface area contributed by atoms with Gasteiger partial charge in [-0.05, 0) is 43.7 Å². The molecule has 0 amide bonds. The van der Waals surface area contributed by atoms with Crippen LogP contribution < -0.4 is 4.74 Å². The van der Waals surface area contributed by atoms with Crippen molar-refractivity contribution in [1.29, 1.82) is 0 Å². The van der Waals surface area contributed by atoms with Crippen LogP contribution in [0.15, 0.2) is 30.3 Å². The number of hydrogen-bond donors (Lipinski definition) is 0. The smallest absolute Gasteiger partial charge is 0.135 e. The molecule has 2 atom stereocenters. The van der Waals surface area contributed by atoms with Crippen molar-refractivity contribution < 1.29 is 9.53 Å². The molecule has 2 rings (SSSR count). The normalized spacial score (nSPS) is 23.9. The van der Waals surface area contributed by atoms with Gasteiger partial charge in [-0.1, -0.05) is 25.1 Å². The molecule has 0 radical (unpaired) electrons. The maximum Gasteiger partial charge on any atom is 0.135 e. The van der Waals surface area contributed by atoms with Crippen LogP contribution in [0.25, 0.3) is 0 Å². The zero-order valence-electron chi connectivity index (χ0n) is 11.1. The van der Waals surface area contributed by atoms with Crippen LogP contribution in [-0.4, -0.2) is 12.4 Å². The van der Waals surface area contributed by atoms with Crippen molar-refractivity contribution in [3.63, 3.8) is 0 Å². The third kappa shape index (κ3) is 3.86. The van der Waals surface area contributed by atoms with Gasteiger partial charge in [0.05, 0.1) is 6.61 Å². The van der Waals surface area contributed by atoms with Gasteiger partial charge in [0.1, 0.15) is 11.5 Å². The molecule has 0 aliphatic heterocycles. The summed E-state index contributed by atoms with van der Waals surface area (Å²) in [5.41, 5.74) is 0. The molecule has 2 unspecified atom stereocenters. The van der Waals surface area contributed by atoms with Gasteiger partial charge in [0.25, 0.3) is 0 Å². The zero-order valence-corrected chi connectivity index (χ0v) is 11.1. The van der Waals surface area contributed by atoms with E-state index in [-0.39, 0.29) is 5.92 Å². The number of para-hydroxylation sites is 1. The van der Waals surface area contributed by atoms with Crippen LogP contribution in [0.3, 0.4) is 0 Å². The van der Waals surface area contributed by atoms with E-state index in [9.17, 15) is 4.79 Å². The van der Waals surface area contributed by atoms with E-state index in [0.717, 1.165) is 37.9 Å². The Balaban J connectivity index is 1.67. The molecule has 2 heteroatoms. The number of rotatable bonds is 5. The van der Waals surface area contributed by atoms with Crippen LogP contribution in [0.5, 0.6) is 5.75 Å². The SMILES string of the molecule is CC1CCC(=O)C(CCCOc2ccccc2)C1. The summed E-state index contributed by atoms with van der Waals surface area (Å²) in [4.78, 5) is 11.8. The van der Waals surface area contributed by atoms with Gasteiger partial charge in [0.15, 0.2) is 0 Å². The first-order valence-electron chi connectivity index (χ1n) is 6.96. The summed E-state index contributed by atoms with van der Waals surface area (Å²) in [5, 5.41) is 0. The standard InChI is InChI=1S/C16H22O2/c1-13-9-10-16(17)14(12-13)6-5-11-18-15-7-3-2-4-8-15/h2-4,7-8,13-14H,5-6,9-12H2,1H3. The lowest BCUT2D eigenvalue weighted by Crippen LogP contribution is -2.24. The second-order valence-electron chi connectivity index (χ2n) is 5.35. The van der Waals surface area contributed by atoms with E-state index in [1.54, 1.807) is 0 Å². The molecular formula is C16H22O2. The highest BCUT2D eigenvalue weighted by Crippen LogP contribution is 2.28. The van der Waals surface area contributed by atoms with Crippen LogP contribution in [0.2, 0.25) is 0 Å². The fourth-order valence-corrected chi connectivity index (χ4v) is 2.64. The van der Waals surface area contributed by atoms with E-state index < -0.39 is 0 Å². The second-order valence-corrected chi connectivity index (χ2v) is 5.35. The van der Waals surface area contributed by atoms with Crippen LogP contribution in [-0.2, 0) is 4.79 Å². The minimum Gasteiger partial charge on any atom is -0.494 e. The highest BCUT2D eigenvalue weighted by atomic mass is 16.5. The minimum absolute atomic E-state index is 0.285. The van der Waals surface area contributed by atoms with Crippen molar-refractivity contribution >= 4 is 5.78 Å². The quantitative estimate of drug-likeness (QED) is 0.738. The maximum atomic E-state index is 11.8. The first-order valence-corrected chi connectivity index (χ1v) is 6.96. The van der Waals surface area contributed by atoms with Crippen molar-refractivity contribution in [2.24, 2.45) is 11.8 Å². The van der Waals surface area contributed by atoms with E-state index in [2.05, 4.69) is 6.92 Å². The lowest BCUT2D eigenvalue weighted by Gasteiger charge is -2.25. The Hall–Kier alpha value is -1.31. The predicted octanol–water partition coefficient (Wildman–Crippen LogP) is 3.85. The molecule has 0 aromatic heterocycles. The Kier molecular flexibility index (Phi) is 4.80. The zero-order chi connectivity index (χ0) is 12.8. The van der Waals surface area contributed by atoms with Crippen molar-refractivity contribution in [2.45, 2.75) is 39.0 Å². The first-order chi connectivity index (χ1) is 8.75. The molecular weight excluding hydrogens is 224 g/mol. The van der Waals surface area contributed by atoms with Gasteiger partial charge < -0.3 is 4.74 Å². The molecule has 1 aromatic carbocycles. The Morgan fingerprint density at radius 3 is 2.83 bits per heavy atom. The average Bonchev–Trinajstić information content (AvgIpc) is 2.40. The molecule has 0 heterocycles. The molecule has 0 spiro atoms. The van der Waals surface area contributed by atoms with Gasteiger partial charge in [0, 0.05) is 12.3 Å². The summed E-state index contributed by atoms with van der Waals surface area (Å²) < 4.78 is 5.65. The van der Waals surface area contributed by atoms with Crippen molar-refractivity contribution in [1.82, 2.24) is 0 Å². The third-order valence-corrected chi connectivity index (χ3v) is 3.73. The lowest BCUT2D eigenvalue weighted by atomic mass is 9.79. The average molecular weight is 246 g/mol. The van der Waals surface area contributed by atoms with E-state index >= 15 is 0 Å². The maximum absolute atomic E-state index is 11.8. The first kappa shape index (κ1) is 13.1. The fourth-order valence-electron chi connectivity index (χ4n) is 2.64. The second kappa shape index (κ2) is 6.58.